The van der Waals surface area contributed by atoms with Gasteiger partial charge in [-0.05, 0) is 35.7 Å². The Hall–Kier alpha value is -1.44. The Morgan fingerprint density at radius 3 is 2.48 bits per heavy atom. The van der Waals surface area contributed by atoms with E-state index in [-0.39, 0.29) is 16.4 Å². The van der Waals surface area contributed by atoms with Gasteiger partial charge in [0.05, 0.1) is 16.4 Å². The minimum Gasteiger partial charge on any atom is -0.229 e. The van der Waals surface area contributed by atoms with E-state index in [0.29, 0.717) is 19.4 Å². The number of hydrogen-bond acceptors (Lipinski definition) is 4. The van der Waals surface area contributed by atoms with Crippen molar-refractivity contribution >= 4 is 30.6 Å². The first-order chi connectivity index (χ1) is 11.8. The Balaban J connectivity index is 1.99. The third-order valence-corrected chi connectivity index (χ3v) is 8.37. The molecule has 0 bridgehead atoms. The molecule has 0 N–H and O–H groups in total. The fourth-order valence-corrected chi connectivity index (χ4v) is 6.83. The van der Waals surface area contributed by atoms with Gasteiger partial charge in [0.25, 0.3) is 0 Å². The predicted octanol–water partition coefficient (Wildman–Crippen LogP) is 2.82. The minimum absolute atomic E-state index is 0.0630. The third kappa shape index (κ3) is 3.88. The van der Waals surface area contributed by atoms with Crippen LogP contribution in [0.5, 0.6) is 0 Å². The number of hydrogen-bond donors (Lipinski definition) is 0. The summed E-state index contributed by atoms with van der Waals surface area (Å²) >= 11 is 0. The predicted molar refractivity (Wildman–Crippen MR) is 99.8 cm³/mol. The van der Waals surface area contributed by atoms with E-state index in [2.05, 4.69) is 0 Å². The summed E-state index contributed by atoms with van der Waals surface area (Å²) < 4.78 is 51.5. The maximum Gasteiger partial charge on any atom is 0.243 e. The molecule has 7 heteroatoms. The molecule has 1 aliphatic heterocycles. The van der Waals surface area contributed by atoms with Crippen LogP contribution in [0.1, 0.15) is 26.2 Å². The second kappa shape index (κ2) is 7.05. The van der Waals surface area contributed by atoms with E-state index in [1.54, 1.807) is 18.2 Å². The molecule has 5 nitrogen and oxygen atoms in total. The van der Waals surface area contributed by atoms with Crippen LogP contribution in [0.4, 0.5) is 0 Å². The molecule has 25 heavy (non-hydrogen) atoms. The van der Waals surface area contributed by atoms with Gasteiger partial charge in [-0.3, -0.25) is 0 Å². The second-order valence-electron chi connectivity index (χ2n) is 6.54. The Bertz CT molecular complexity index is 967. The summed E-state index contributed by atoms with van der Waals surface area (Å²) in [6.07, 6.45) is 1.94. The number of sulfonamides is 1. The van der Waals surface area contributed by atoms with E-state index >= 15 is 0 Å². The molecule has 2 aromatic carbocycles. The van der Waals surface area contributed by atoms with E-state index in [4.69, 9.17) is 0 Å². The molecule has 1 saturated heterocycles. The van der Waals surface area contributed by atoms with Crippen molar-refractivity contribution in [3.8, 4) is 0 Å². The second-order valence-corrected chi connectivity index (χ2v) is 10.7. The molecular formula is C18H23NO4S2. The van der Waals surface area contributed by atoms with Crippen LogP contribution in [0.15, 0.2) is 47.4 Å². The summed E-state index contributed by atoms with van der Waals surface area (Å²) in [7, 11) is -6.88. The lowest BCUT2D eigenvalue weighted by molar-refractivity contribution is 0.335. The zero-order valence-electron chi connectivity index (χ0n) is 14.3. The molecule has 0 aromatic heterocycles. The number of fused-ring (bicyclic) bond motifs is 1. The van der Waals surface area contributed by atoms with Crippen LogP contribution in [0.25, 0.3) is 10.8 Å². The normalized spacial score (nSPS) is 20.3. The Morgan fingerprint density at radius 2 is 1.84 bits per heavy atom. The van der Waals surface area contributed by atoms with Crippen molar-refractivity contribution in [2.24, 2.45) is 0 Å². The number of sulfone groups is 1. The lowest BCUT2D eigenvalue weighted by Crippen LogP contribution is -2.41. The van der Waals surface area contributed by atoms with E-state index < -0.39 is 25.9 Å². The molecule has 3 rings (SSSR count). The van der Waals surface area contributed by atoms with Crippen LogP contribution in [-0.2, 0) is 19.9 Å². The Labute approximate surface area is 149 Å². The molecule has 0 spiro atoms. The smallest absolute Gasteiger partial charge is 0.229 e. The average molecular weight is 382 g/mol. The molecular weight excluding hydrogens is 358 g/mol. The lowest BCUT2D eigenvalue weighted by Gasteiger charge is -2.27. The first kappa shape index (κ1) is 18.4. The first-order valence-electron chi connectivity index (χ1n) is 8.54. The largest absolute Gasteiger partial charge is 0.243 e. The van der Waals surface area contributed by atoms with Crippen molar-refractivity contribution in [1.29, 1.82) is 0 Å². The van der Waals surface area contributed by atoms with Crippen molar-refractivity contribution in [2.45, 2.75) is 37.1 Å². The number of benzene rings is 2. The molecule has 0 amide bonds. The average Bonchev–Trinajstić information content (AvgIpc) is 2.94. The van der Waals surface area contributed by atoms with E-state index in [1.807, 2.05) is 31.2 Å². The fourth-order valence-electron chi connectivity index (χ4n) is 3.28. The van der Waals surface area contributed by atoms with Crippen LogP contribution in [0.3, 0.4) is 0 Å². The summed E-state index contributed by atoms with van der Waals surface area (Å²) in [5, 5.41) is 1.84. The summed E-state index contributed by atoms with van der Waals surface area (Å²) in [5.74, 6) is -0.0168. The molecule has 136 valence electrons. The zero-order valence-corrected chi connectivity index (χ0v) is 15.9. The molecule has 0 saturated carbocycles. The van der Waals surface area contributed by atoms with Crippen molar-refractivity contribution in [3.63, 3.8) is 0 Å². The van der Waals surface area contributed by atoms with Gasteiger partial charge in [-0.1, -0.05) is 43.7 Å². The quantitative estimate of drug-likeness (QED) is 0.771. The molecule has 2 aromatic rings. The van der Waals surface area contributed by atoms with Crippen LogP contribution >= 0.6 is 0 Å². The molecule has 1 aliphatic rings. The lowest BCUT2D eigenvalue weighted by atomic mass is 10.1. The monoisotopic (exact) mass is 381 g/mol. The van der Waals surface area contributed by atoms with Crippen molar-refractivity contribution < 1.29 is 16.8 Å². The zero-order chi connectivity index (χ0) is 18.1. The highest BCUT2D eigenvalue weighted by atomic mass is 32.2. The van der Waals surface area contributed by atoms with Gasteiger partial charge in [-0.15, -0.1) is 0 Å². The van der Waals surface area contributed by atoms with Crippen LogP contribution in [0.2, 0.25) is 0 Å². The standard InChI is InChI=1S/C18H23NO4S2/c1-2-3-11-19(17-10-12-24(20,21)14-17)25(22,23)18-9-8-15-6-4-5-7-16(15)13-18/h4-9,13,17H,2-3,10-12,14H2,1H3/t17-/m0/s1. The topological polar surface area (TPSA) is 71.5 Å². The minimum atomic E-state index is -3.73. The van der Waals surface area contributed by atoms with Gasteiger partial charge >= 0.3 is 0 Å². The highest BCUT2D eigenvalue weighted by Gasteiger charge is 2.38. The molecule has 1 fully saturated rings. The number of unbranched alkanes of at least 4 members (excludes halogenated alkanes) is 1. The highest BCUT2D eigenvalue weighted by molar-refractivity contribution is 7.92. The van der Waals surface area contributed by atoms with Crippen LogP contribution in [-0.4, -0.2) is 45.2 Å². The Kier molecular flexibility index (Phi) is 5.18. The fraction of sp³-hybridized carbons (Fsp3) is 0.444. The van der Waals surface area contributed by atoms with Gasteiger partial charge < -0.3 is 0 Å². The summed E-state index contributed by atoms with van der Waals surface area (Å²) in [5.41, 5.74) is 0. The van der Waals surface area contributed by atoms with Gasteiger partial charge in [-0.2, -0.15) is 4.31 Å². The molecule has 0 radical (unpaired) electrons. The first-order valence-corrected chi connectivity index (χ1v) is 11.8. The molecule has 1 heterocycles. The van der Waals surface area contributed by atoms with Crippen LogP contribution in [0, 0.1) is 0 Å². The van der Waals surface area contributed by atoms with Gasteiger partial charge in [0.1, 0.15) is 0 Å². The summed E-state index contributed by atoms with van der Waals surface area (Å²) in [6.45, 7) is 2.35. The van der Waals surface area contributed by atoms with Crippen molar-refractivity contribution in [1.82, 2.24) is 4.31 Å². The van der Waals surface area contributed by atoms with Crippen LogP contribution < -0.4 is 0 Å². The highest BCUT2D eigenvalue weighted by Crippen LogP contribution is 2.27. The van der Waals surface area contributed by atoms with E-state index in [1.165, 1.54) is 4.31 Å². The number of nitrogens with zero attached hydrogens (tertiary/aromatic N) is 1. The van der Waals surface area contributed by atoms with Gasteiger partial charge in [-0.25, -0.2) is 16.8 Å². The molecule has 0 unspecified atom stereocenters. The van der Waals surface area contributed by atoms with Crippen molar-refractivity contribution in [2.75, 3.05) is 18.1 Å². The van der Waals surface area contributed by atoms with Gasteiger partial charge in [0, 0.05) is 12.6 Å². The van der Waals surface area contributed by atoms with Gasteiger partial charge in [0.15, 0.2) is 9.84 Å². The van der Waals surface area contributed by atoms with E-state index in [9.17, 15) is 16.8 Å². The summed E-state index contributed by atoms with van der Waals surface area (Å²) in [4.78, 5) is 0.228. The maximum atomic E-state index is 13.2. The maximum absolute atomic E-state index is 13.2. The molecule has 1 atom stereocenters. The molecule has 0 aliphatic carbocycles. The number of rotatable bonds is 6. The van der Waals surface area contributed by atoms with E-state index in [0.717, 1.165) is 17.2 Å². The Morgan fingerprint density at radius 1 is 1.12 bits per heavy atom. The van der Waals surface area contributed by atoms with Crippen molar-refractivity contribution in [3.05, 3.63) is 42.5 Å². The summed E-state index contributed by atoms with van der Waals surface area (Å²) in [6, 6.07) is 12.2. The van der Waals surface area contributed by atoms with Gasteiger partial charge in [0.2, 0.25) is 10.0 Å². The third-order valence-electron chi connectivity index (χ3n) is 4.68. The SMILES string of the molecule is CCCCN([C@H]1CCS(=O)(=O)C1)S(=O)(=O)c1ccc2ccccc2c1.